The van der Waals surface area contributed by atoms with Crippen molar-refractivity contribution in [1.29, 1.82) is 0 Å². The van der Waals surface area contributed by atoms with E-state index in [0.29, 0.717) is 0 Å². The molecule has 2 aliphatic rings. The van der Waals surface area contributed by atoms with Gasteiger partial charge in [0, 0.05) is 62.3 Å². The summed E-state index contributed by atoms with van der Waals surface area (Å²) in [7, 11) is 0. The Morgan fingerprint density at radius 1 is 1.04 bits per heavy atom. The van der Waals surface area contributed by atoms with Gasteiger partial charge in [0.25, 0.3) is 0 Å². The van der Waals surface area contributed by atoms with Crippen molar-refractivity contribution in [3.8, 4) is 0 Å². The van der Waals surface area contributed by atoms with Gasteiger partial charge in [-0.1, -0.05) is 0 Å². The molecule has 0 aromatic carbocycles. The van der Waals surface area contributed by atoms with Crippen LogP contribution in [0, 0.1) is 0 Å². The Morgan fingerprint density at radius 3 is 2.78 bits per heavy atom. The normalized spacial score (nSPS) is 18.3. The van der Waals surface area contributed by atoms with Crippen LogP contribution < -0.4 is 0 Å². The second-order valence-corrected chi connectivity index (χ2v) is 6.16. The molecule has 0 bridgehead atoms. The van der Waals surface area contributed by atoms with E-state index >= 15 is 0 Å². The molecule has 0 amide bonds. The van der Waals surface area contributed by atoms with Crippen LogP contribution in [0.5, 0.6) is 0 Å². The largest absolute Gasteiger partial charge is 0.294 e. The molecule has 23 heavy (non-hydrogen) atoms. The maximum Gasteiger partial charge on any atom is 0.173 e. The van der Waals surface area contributed by atoms with Gasteiger partial charge in [0.05, 0.1) is 11.4 Å². The highest BCUT2D eigenvalue weighted by atomic mass is 15.1. The van der Waals surface area contributed by atoms with Gasteiger partial charge in [0.15, 0.2) is 5.82 Å². The van der Waals surface area contributed by atoms with Gasteiger partial charge < -0.3 is 0 Å². The summed E-state index contributed by atoms with van der Waals surface area (Å²) in [5.41, 5.74) is 4.64. The van der Waals surface area contributed by atoms with Crippen molar-refractivity contribution in [3.05, 3.63) is 47.6 Å². The Bertz CT molecular complexity index is 712. The fraction of sp³-hybridized carbons (Fsp3) is 0.471. The number of aromatic nitrogens is 4. The molecular weight excluding hydrogens is 288 g/mol. The summed E-state index contributed by atoms with van der Waals surface area (Å²) in [5, 5.41) is 0. The highest BCUT2D eigenvalue weighted by Gasteiger charge is 2.20. The van der Waals surface area contributed by atoms with Crippen LogP contribution in [-0.4, -0.2) is 43.6 Å². The molecule has 0 saturated carbocycles. The first-order chi connectivity index (χ1) is 11.4. The van der Waals surface area contributed by atoms with E-state index in [1.54, 1.807) is 6.33 Å². The van der Waals surface area contributed by atoms with Crippen molar-refractivity contribution in [3.63, 3.8) is 0 Å². The quantitative estimate of drug-likeness (QED) is 0.865. The van der Waals surface area contributed by atoms with E-state index in [4.69, 9.17) is 4.98 Å². The van der Waals surface area contributed by atoms with Crippen LogP contribution in [0.3, 0.4) is 0 Å². The van der Waals surface area contributed by atoms with Crippen molar-refractivity contribution in [2.45, 2.75) is 38.8 Å². The van der Waals surface area contributed by atoms with Crippen LogP contribution in [0.2, 0.25) is 0 Å². The first kappa shape index (κ1) is 14.4. The topological polar surface area (TPSA) is 67.2 Å². The molecule has 6 heteroatoms. The van der Waals surface area contributed by atoms with Crippen LogP contribution in [0.25, 0.3) is 0 Å². The SMILES string of the molecule is c1ncc(CN2CCc3nc(C4=NCCCC4)ncc3C2)cn1. The number of hydrogen-bond acceptors (Lipinski definition) is 6. The van der Waals surface area contributed by atoms with Gasteiger partial charge in [-0.2, -0.15) is 0 Å². The predicted octanol–water partition coefficient (Wildman–Crippen LogP) is 1.80. The molecule has 6 nitrogen and oxygen atoms in total. The van der Waals surface area contributed by atoms with E-state index in [-0.39, 0.29) is 0 Å². The molecule has 0 aliphatic carbocycles. The number of nitrogens with zero attached hydrogens (tertiary/aromatic N) is 6. The summed E-state index contributed by atoms with van der Waals surface area (Å²) in [5.74, 6) is 0.841. The summed E-state index contributed by atoms with van der Waals surface area (Å²) in [6.07, 6.45) is 11.7. The lowest BCUT2D eigenvalue weighted by Gasteiger charge is -2.28. The zero-order valence-electron chi connectivity index (χ0n) is 13.1. The Morgan fingerprint density at radius 2 is 1.96 bits per heavy atom. The second kappa shape index (κ2) is 6.50. The molecule has 2 aliphatic heterocycles. The van der Waals surface area contributed by atoms with Gasteiger partial charge in [0.1, 0.15) is 6.33 Å². The smallest absolute Gasteiger partial charge is 0.173 e. The standard InChI is InChI=1S/C17H20N6/c1-2-5-20-16(3-1)17-21-9-14-11-23(6-4-15(14)22-17)10-13-7-18-12-19-8-13/h7-9,12H,1-6,10-11H2. The third kappa shape index (κ3) is 3.27. The lowest BCUT2D eigenvalue weighted by atomic mass is 10.1. The predicted molar refractivity (Wildman–Crippen MR) is 87.1 cm³/mol. The maximum atomic E-state index is 4.79. The lowest BCUT2D eigenvalue weighted by molar-refractivity contribution is 0.242. The third-order valence-corrected chi connectivity index (χ3v) is 4.42. The van der Waals surface area contributed by atoms with E-state index in [9.17, 15) is 0 Å². The number of rotatable bonds is 3. The summed E-state index contributed by atoms with van der Waals surface area (Å²) in [4.78, 5) is 24.5. The molecule has 0 fully saturated rings. The van der Waals surface area contributed by atoms with Gasteiger partial charge in [-0.3, -0.25) is 9.89 Å². The molecule has 2 aromatic heterocycles. The van der Waals surface area contributed by atoms with Crippen LogP contribution in [0.1, 0.15) is 41.9 Å². The van der Waals surface area contributed by atoms with Crippen LogP contribution in [0.4, 0.5) is 0 Å². The fourth-order valence-corrected chi connectivity index (χ4v) is 3.20. The first-order valence-electron chi connectivity index (χ1n) is 8.23. The van der Waals surface area contributed by atoms with Crippen molar-refractivity contribution < 1.29 is 0 Å². The third-order valence-electron chi connectivity index (χ3n) is 4.42. The molecule has 2 aromatic rings. The van der Waals surface area contributed by atoms with Gasteiger partial charge in [-0.15, -0.1) is 0 Å². The molecule has 0 radical (unpaired) electrons. The lowest BCUT2D eigenvalue weighted by Crippen LogP contribution is -2.31. The van der Waals surface area contributed by atoms with Crippen LogP contribution >= 0.6 is 0 Å². The average molecular weight is 308 g/mol. The molecule has 4 heterocycles. The Balaban J connectivity index is 1.49. The maximum absolute atomic E-state index is 4.79. The molecule has 0 spiro atoms. The molecule has 4 rings (SSSR count). The highest BCUT2D eigenvalue weighted by molar-refractivity contribution is 5.97. The zero-order valence-corrected chi connectivity index (χ0v) is 13.1. The van der Waals surface area contributed by atoms with Crippen molar-refractivity contribution in [2.75, 3.05) is 13.1 Å². The van der Waals surface area contributed by atoms with Crippen LogP contribution in [-0.2, 0) is 19.5 Å². The Labute approximate surface area is 135 Å². The second-order valence-electron chi connectivity index (χ2n) is 6.16. The molecule has 118 valence electrons. The monoisotopic (exact) mass is 308 g/mol. The van der Waals surface area contributed by atoms with Crippen molar-refractivity contribution in [1.82, 2.24) is 24.8 Å². The Kier molecular flexibility index (Phi) is 4.06. The molecule has 0 saturated heterocycles. The minimum Gasteiger partial charge on any atom is -0.294 e. The van der Waals surface area contributed by atoms with Crippen molar-refractivity contribution in [2.24, 2.45) is 4.99 Å². The summed E-state index contributed by atoms with van der Waals surface area (Å²) in [6.45, 7) is 3.68. The summed E-state index contributed by atoms with van der Waals surface area (Å²) < 4.78 is 0. The zero-order chi connectivity index (χ0) is 15.5. The van der Waals surface area contributed by atoms with E-state index in [2.05, 4.69) is 24.8 Å². The highest BCUT2D eigenvalue weighted by Crippen LogP contribution is 2.19. The average Bonchev–Trinajstić information content (AvgIpc) is 2.63. The molecule has 0 atom stereocenters. The Hall–Kier alpha value is -2.21. The first-order valence-corrected chi connectivity index (χ1v) is 8.23. The fourth-order valence-electron chi connectivity index (χ4n) is 3.20. The van der Waals surface area contributed by atoms with Crippen LogP contribution in [0.15, 0.2) is 29.9 Å². The van der Waals surface area contributed by atoms with Crippen molar-refractivity contribution >= 4 is 5.71 Å². The molecule has 0 N–H and O–H groups in total. The van der Waals surface area contributed by atoms with E-state index < -0.39 is 0 Å². The van der Waals surface area contributed by atoms with Gasteiger partial charge in [0.2, 0.25) is 0 Å². The minimum absolute atomic E-state index is 0.841. The van der Waals surface area contributed by atoms with Gasteiger partial charge in [-0.05, 0) is 19.3 Å². The molecule has 0 unspecified atom stereocenters. The summed E-state index contributed by atoms with van der Waals surface area (Å²) in [6, 6.07) is 0. The summed E-state index contributed by atoms with van der Waals surface area (Å²) >= 11 is 0. The number of aliphatic imine (C=N–C) groups is 1. The van der Waals surface area contributed by atoms with E-state index in [1.807, 2.05) is 18.6 Å². The van der Waals surface area contributed by atoms with Gasteiger partial charge in [-0.25, -0.2) is 19.9 Å². The minimum atomic E-state index is 0.841. The van der Waals surface area contributed by atoms with E-state index in [1.165, 1.54) is 24.1 Å². The molecular formula is C17H20N6. The number of fused-ring (bicyclic) bond motifs is 1. The van der Waals surface area contributed by atoms with E-state index in [0.717, 1.165) is 56.1 Å². The number of hydrogen-bond donors (Lipinski definition) is 0. The van der Waals surface area contributed by atoms with Gasteiger partial charge >= 0.3 is 0 Å².